The Bertz CT molecular complexity index is 1120. The highest BCUT2D eigenvalue weighted by Crippen LogP contribution is 2.61. The van der Waals surface area contributed by atoms with Crippen LogP contribution in [0.15, 0.2) is 42.5 Å². The number of amides is 2. The SMILES string of the molecule is CC(=O)NC[C@H]1CN(c2ccc(-c3ccc(C4(C#N)[C@@H]5CNC[C@@H]54)c(F)c3)cc2)C(=O)O1. The summed E-state index contributed by atoms with van der Waals surface area (Å²) in [6.45, 7) is 3.53. The molecule has 2 aliphatic heterocycles. The number of benzene rings is 2. The standard InChI is InChI=1S/C24H23FN4O3/c1-14(30)28-9-18-12-29(23(31)32-18)17-5-2-15(3-6-17)16-4-7-19(22(25)8-16)24(13-26)20-10-27-11-21(20)24/h2-8,18,20-21,27H,9-12H2,1H3,(H,28,30)/t18-,20-,21+,24?/m0/s1. The molecule has 2 amide bonds. The molecule has 2 heterocycles. The predicted molar refractivity (Wildman–Crippen MR) is 115 cm³/mol. The molecule has 1 aliphatic carbocycles. The Hall–Kier alpha value is -3.44. The monoisotopic (exact) mass is 434 g/mol. The van der Waals surface area contributed by atoms with Crippen LogP contribution < -0.4 is 15.5 Å². The molecule has 1 saturated carbocycles. The molecule has 2 saturated heterocycles. The van der Waals surface area contributed by atoms with Gasteiger partial charge in [-0.15, -0.1) is 0 Å². The lowest BCUT2D eigenvalue weighted by atomic mass is 9.90. The van der Waals surface area contributed by atoms with Crippen molar-refractivity contribution in [2.75, 3.05) is 31.1 Å². The molecule has 3 aliphatic rings. The second-order valence-corrected chi connectivity index (χ2v) is 8.65. The zero-order valence-corrected chi connectivity index (χ0v) is 17.6. The van der Waals surface area contributed by atoms with Gasteiger partial charge in [0.2, 0.25) is 5.91 Å². The van der Waals surface area contributed by atoms with Gasteiger partial charge in [-0.2, -0.15) is 5.26 Å². The number of carbonyl (C=O) groups is 2. The molecule has 7 nitrogen and oxygen atoms in total. The summed E-state index contributed by atoms with van der Waals surface area (Å²) in [5.41, 5.74) is 1.97. The van der Waals surface area contributed by atoms with E-state index in [-0.39, 0.29) is 30.1 Å². The number of nitriles is 1. The fraction of sp³-hybridized carbons (Fsp3) is 0.375. The number of nitrogens with zero attached hydrogens (tertiary/aromatic N) is 2. The van der Waals surface area contributed by atoms with E-state index in [1.807, 2.05) is 18.2 Å². The van der Waals surface area contributed by atoms with E-state index in [0.29, 0.717) is 23.4 Å². The first-order valence-electron chi connectivity index (χ1n) is 10.7. The summed E-state index contributed by atoms with van der Waals surface area (Å²) in [5.74, 6) is -0.167. The van der Waals surface area contributed by atoms with Crippen molar-refractivity contribution < 1.29 is 18.7 Å². The second-order valence-electron chi connectivity index (χ2n) is 8.65. The third-order valence-electron chi connectivity index (χ3n) is 6.84. The van der Waals surface area contributed by atoms with Gasteiger partial charge in [0.05, 0.1) is 24.6 Å². The van der Waals surface area contributed by atoms with Crippen LogP contribution in [0, 0.1) is 29.0 Å². The minimum Gasteiger partial charge on any atom is -0.442 e. The number of ether oxygens (including phenoxy) is 1. The van der Waals surface area contributed by atoms with E-state index in [1.54, 1.807) is 18.2 Å². The van der Waals surface area contributed by atoms with Crippen LogP contribution in [0.5, 0.6) is 0 Å². The van der Waals surface area contributed by atoms with Gasteiger partial charge < -0.3 is 15.4 Å². The fourth-order valence-electron chi connectivity index (χ4n) is 5.13. The average Bonchev–Trinajstić information content (AvgIpc) is 3.11. The highest BCUT2D eigenvalue weighted by molar-refractivity contribution is 5.90. The maximum atomic E-state index is 15.0. The van der Waals surface area contributed by atoms with Crippen molar-refractivity contribution in [3.05, 3.63) is 53.8 Å². The second kappa shape index (κ2) is 7.61. The molecule has 2 N–H and O–H groups in total. The Morgan fingerprint density at radius 1 is 1.25 bits per heavy atom. The zero-order valence-electron chi connectivity index (χ0n) is 17.6. The molecule has 0 bridgehead atoms. The van der Waals surface area contributed by atoms with Crippen LogP contribution in [0.1, 0.15) is 12.5 Å². The number of rotatable bonds is 5. The summed E-state index contributed by atoms with van der Waals surface area (Å²) in [7, 11) is 0. The number of halogens is 1. The van der Waals surface area contributed by atoms with Gasteiger partial charge in [0.15, 0.2) is 0 Å². The number of anilines is 1. The average molecular weight is 434 g/mol. The zero-order chi connectivity index (χ0) is 22.5. The van der Waals surface area contributed by atoms with Crippen LogP contribution >= 0.6 is 0 Å². The number of cyclic esters (lactones) is 1. The van der Waals surface area contributed by atoms with Gasteiger partial charge in [0.1, 0.15) is 11.9 Å². The van der Waals surface area contributed by atoms with E-state index < -0.39 is 17.6 Å². The Balaban J connectivity index is 1.32. The van der Waals surface area contributed by atoms with Gasteiger partial charge in [-0.05, 0) is 29.3 Å². The van der Waals surface area contributed by atoms with Crippen LogP contribution in [0.25, 0.3) is 11.1 Å². The number of fused-ring (bicyclic) bond motifs is 1. The van der Waals surface area contributed by atoms with E-state index >= 15 is 4.39 Å². The first kappa shape index (κ1) is 20.5. The predicted octanol–water partition coefficient (Wildman–Crippen LogP) is 2.56. The normalized spacial score (nSPS) is 28.1. The topological polar surface area (TPSA) is 94.5 Å². The lowest BCUT2D eigenvalue weighted by Crippen LogP contribution is -2.33. The molecule has 2 aromatic rings. The van der Waals surface area contributed by atoms with Crippen LogP contribution in [0.2, 0.25) is 0 Å². The van der Waals surface area contributed by atoms with Crippen LogP contribution in [0.4, 0.5) is 14.9 Å². The van der Waals surface area contributed by atoms with Crippen molar-refractivity contribution in [2.45, 2.75) is 18.4 Å². The first-order valence-corrected chi connectivity index (χ1v) is 10.7. The molecule has 5 rings (SSSR count). The van der Waals surface area contributed by atoms with E-state index in [4.69, 9.17) is 4.74 Å². The van der Waals surface area contributed by atoms with Crippen molar-refractivity contribution in [3.63, 3.8) is 0 Å². The highest BCUT2D eigenvalue weighted by atomic mass is 19.1. The number of hydrogen-bond acceptors (Lipinski definition) is 5. The molecule has 3 fully saturated rings. The van der Waals surface area contributed by atoms with E-state index in [0.717, 1.165) is 18.7 Å². The van der Waals surface area contributed by atoms with Gasteiger partial charge in [0, 0.05) is 43.1 Å². The van der Waals surface area contributed by atoms with Crippen LogP contribution in [-0.4, -0.2) is 44.3 Å². The summed E-state index contributed by atoms with van der Waals surface area (Å²) in [6.07, 6.45) is -0.868. The smallest absolute Gasteiger partial charge is 0.414 e. The summed E-state index contributed by atoms with van der Waals surface area (Å²) in [4.78, 5) is 24.8. The van der Waals surface area contributed by atoms with Crippen molar-refractivity contribution in [3.8, 4) is 17.2 Å². The maximum Gasteiger partial charge on any atom is 0.414 e. The van der Waals surface area contributed by atoms with Crippen LogP contribution in [-0.2, 0) is 14.9 Å². The van der Waals surface area contributed by atoms with Crippen molar-refractivity contribution in [2.24, 2.45) is 11.8 Å². The highest BCUT2D eigenvalue weighted by Gasteiger charge is 2.68. The molecule has 32 heavy (non-hydrogen) atoms. The van der Waals surface area contributed by atoms with Crippen molar-refractivity contribution >= 4 is 17.7 Å². The number of carbonyl (C=O) groups excluding carboxylic acids is 2. The minimum atomic E-state index is -0.707. The summed E-state index contributed by atoms with van der Waals surface area (Å²) >= 11 is 0. The van der Waals surface area contributed by atoms with Gasteiger partial charge in [0.25, 0.3) is 0 Å². The molecule has 4 atom stereocenters. The lowest BCUT2D eigenvalue weighted by Gasteiger charge is -2.16. The van der Waals surface area contributed by atoms with E-state index in [9.17, 15) is 14.9 Å². The summed E-state index contributed by atoms with van der Waals surface area (Å²) in [5, 5.41) is 15.7. The quantitative estimate of drug-likeness (QED) is 0.754. The number of hydrogen-bond donors (Lipinski definition) is 2. The molecular weight excluding hydrogens is 411 g/mol. The largest absolute Gasteiger partial charge is 0.442 e. The van der Waals surface area contributed by atoms with Gasteiger partial charge in [-0.1, -0.05) is 24.3 Å². The van der Waals surface area contributed by atoms with E-state index in [2.05, 4.69) is 16.7 Å². The van der Waals surface area contributed by atoms with Crippen molar-refractivity contribution in [1.29, 1.82) is 5.26 Å². The third kappa shape index (κ3) is 3.21. The van der Waals surface area contributed by atoms with Crippen molar-refractivity contribution in [1.82, 2.24) is 10.6 Å². The molecule has 0 aromatic heterocycles. The molecule has 0 spiro atoms. The Labute approximate surface area is 185 Å². The fourth-order valence-corrected chi connectivity index (χ4v) is 5.13. The Morgan fingerprint density at radius 3 is 2.56 bits per heavy atom. The summed E-state index contributed by atoms with van der Waals surface area (Å²) < 4.78 is 20.3. The summed E-state index contributed by atoms with van der Waals surface area (Å²) in [6, 6.07) is 14.7. The molecule has 2 aromatic carbocycles. The van der Waals surface area contributed by atoms with E-state index in [1.165, 1.54) is 17.9 Å². The number of nitrogens with one attached hydrogen (secondary N) is 2. The third-order valence-corrected chi connectivity index (χ3v) is 6.84. The maximum absolute atomic E-state index is 15.0. The van der Waals surface area contributed by atoms with Gasteiger partial charge in [-0.3, -0.25) is 9.69 Å². The Kier molecular flexibility index (Phi) is 4.86. The van der Waals surface area contributed by atoms with Gasteiger partial charge >= 0.3 is 6.09 Å². The molecule has 8 heteroatoms. The molecule has 1 unspecified atom stereocenters. The Morgan fingerprint density at radius 2 is 1.94 bits per heavy atom. The lowest BCUT2D eigenvalue weighted by molar-refractivity contribution is -0.119. The first-order chi connectivity index (χ1) is 15.4. The molecule has 164 valence electrons. The molecule has 0 radical (unpaired) electrons. The number of piperidine rings is 1. The minimum absolute atomic E-state index is 0.177. The van der Waals surface area contributed by atoms with Gasteiger partial charge in [-0.25, -0.2) is 9.18 Å². The van der Waals surface area contributed by atoms with Crippen LogP contribution in [0.3, 0.4) is 0 Å². The molecular formula is C24H23FN4O3.